The average molecular weight is 481 g/mol. The van der Waals surface area contributed by atoms with Crippen molar-refractivity contribution in [3.63, 3.8) is 0 Å². The van der Waals surface area contributed by atoms with Crippen molar-refractivity contribution in [1.82, 2.24) is 30.1 Å². The highest BCUT2D eigenvalue weighted by atomic mass is 16.5. The fraction of sp³-hybridized carbons (Fsp3) is 0.375. The summed E-state index contributed by atoms with van der Waals surface area (Å²) >= 11 is 0. The highest BCUT2D eigenvalue weighted by Crippen LogP contribution is 2.27. The number of carbonyl (C=O) groups excluding carboxylic acids is 1. The Labute approximate surface area is 201 Å². The van der Waals surface area contributed by atoms with E-state index in [1.165, 1.54) is 4.68 Å². The van der Waals surface area contributed by atoms with Gasteiger partial charge in [-0.2, -0.15) is 0 Å². The first-order valence-electron chi connectivity index (χ1n) is 11.4. The first-order chi connectivity index (χ1) is 17.0. The summed E-state index contributed by atoms with van der Waals surface area (Å²) in [7, 11) is 1.60. The van der Waals surface area contributed by atoms with E-state index in [-0.39, 0.29) is 24.8 Å². The number of hydrogen-bond donors (Lipinski definition) is 1. The molecule has 0 fully saturated rings. The Bertz CT molecular complexity index is 1330. The molecule has 0 aliphatic heterocycles. The molecule has 3 aromatic heterocycles. The summed E-state index contributed by atoms with van der Waals surface area (Å²) < 4.78 is 17.4. The van der Waals surface area contributed by atoms with E-state index in [0.29, 0.717) is 36.6 Å². The van der Waals surface area contributed by atoms with Crippen LogP contribution in [0.2, 0.25) is 0 Å². The molecule has 11 heteroatoms. The van der Waals surface area contributed by atoms with Gasteiger partial charge in [-0.05, 0) is 60.2 Å². The van der Waals surface area contributed by atoms with Crippen molar-refractivity contribution >= 4 is 16.9 Å². The zero-order valence-electron chi connectivity index (χ0n) is 19.9. The first kappa shape index (κ1) is 24.1. The molecule has 1 aromatic carbocycles. The summed E-state index contributed by atoms with van der Waals surface area (Å²) in [5.74, 6) is 1.51. The number of aromatic nitrogens is 5. The van der Waals surface area contributed by atoms with Gasteiger partial charge in [-0.15, -0.1) is 5.10 Å². The van der Waals surface area contributed by atoms with Crippen LogP contribution in [-0.2, 0) is 29.2 Å². The Morgan fingerprint density at radius 3 is 2.80 bits per heavy atom. The molecule has 11 nitrogen and oxygen atoms in total. The SMILES string of the molecule is CCOC(=O)Cn1nnnc1[C@@H](CC)N(Cc1ccco1)Cc1cc2cc(OC)ccc2[nH]c1=O. The van der Waals surface area contributed by atoms with Gasteiger partial charge in [-0.25, -0.2) is 4.68 Å². The second-order valence-corrected chi connectivity index (χ2v) is 7.99. The zero-order valence-corrected chi connectivity index (χ0v) is 19.9. The number of methoxy groups -OCH3 is 1. The number of furan rings is 1. The third-order valence-electron chi connectivity index (χ3n) is 5.71. The van der Waals surface area contributed by atoms with Crippen LogP contribution in [0.1, 0.15) is 43.5 Å². The molecule has 1 N–H and O–H groups in total. The van der Waals surface area contributed by atoms with Gasteiger partial charge in [0.25, 0.3) is 5.56 Å². The van der Waals surface area contributed by atoms with Gasteiger partial charge in [-0.1, -0.05) is 6.92 Å². The lowest BCUT2D eigenvalue weighted by molar-refractivity contribution is -0.144. The van der Waals surface area contributed by atoms with Gasteiger partial charge in [0.15, 0.2) is 5.82 Å². The number of ether oxygens (including phenoxy) is 2. The molecular weight excluding hydrogens is 452 g/mol. The van der Waals surface area contributed by atoms with Gasteiger partial charge < -0.3 is 18.9 Å². The van der Waals surface area contributed by atoms with Crippen molar-refractivity contribution in [3.05, 3.63) is 70.2 Å². The first-order valence-corrected chi connectivity index (χ1v) is 11.4. The highest BCUT2D eigenvalue weighted by Gasteiger charge is 2.27. The molecule has 0 radical (unpaired) electrons. The maximum absolute atomic E-state index is 13.0. The molecule has 0 amide bonds. The Morgan fingerprint density at radius 2 is 2.09 bits per heavy atom. The Morgan fingerprint density at radius 1 is 1.23 bits per heavy atom. The Kier molecular flexibility index (Phi) is 7.56. The van der Waals surface area contributed by atoms with Crippen LogP contribution in [0, 0.1) is 0 Å². The van der Waals surface area contributed by atoms with Crippen LogP contribution in [0.4, 0.5) is 0 Å². The van der Waals surface area contributed by atoms with Gasteiger partial charge >= 0.3 is 5.97 Å². The molecule has 4 rings (SSSR count). The van der Waals surface area contributed by atoms with Crippen molar-refractivity contribution < 1.29 is 18.7 Å². The number of aromatic amines is 1. The van der Waals surface area contributed by atoms with Crippen molar-refractivity contribution in [1.29, 1.82) is 0 Å². The number of nitrogens with zero attached hydrogens (tertiary/aromatic N) is 5. The third kappa shape index (κ3) is 5.57. The van der Waals surface area contributed by atoms with Crippen LogP contribution < -0.4 is 10.3 Å². The van der Waals surface area contributed by atoms with Gasteiger partial charge in [0, 0.05) is 23.0 Å². The number of pyridine rings is 1. The van der Waals surface area contributed by atoms with Crippen LogP contribution >= 0.6 is 0 Å². The fourth-order valence-corrected chi connectivity index (χ4v) is 4.07. The zero-order chi connectivity index (χ0) is 24.8. The summed E-state index contributed by atoms with van der Waals surface area (Å²) in [4.78, 5) is 30.1. The predicted octanol–water partition coefficient (Wildman–Crippen LogP) is 2.83. The van der Waals surface area contributed by atoms with E-state index in [1.807, 2.05) is 37.3 Å². The predicted molar refractivity (Wildman–Crippen MR) is 127 cm³/mol. The largest absolute Gasteiger partial charge is 0.497 e. The minimum atomic E-state index is -0.423. The molecule has 1 atom stereocenters. The second kappa shape index (κ2) is 11.0. The molecule has 0 spiro atoms. The molecule has 0 aliphatic carbocycles. The van der Waals surface area contributed by atoms with E-state index in [4.69, 9.17) is 13.9 Å². The van der Waals surface area contributed by atoms with E-state index in [1.54, 1.807) is 26.4 Å². The van der Waals surface area contributed by atoms with Crippen molar-refractivity contribution in [2.45, 2.75) is 45.9 Å². The number of benzene rings is 1. The molecule has 0 bridgehead atoms. The number of H-pyrrole nitrogens is 1. The quantitative estimate of drug-likeness (QED) is 0.322. The number of nitrogens with one attached hydrogen (secondary N) is 1. The molecule has 0 saturated carbocycles. The lowest BCUT2D eigenvalue weighted by atomic mass is 10.1. The molecule has 0 unspecified atom stereocenters. The molecule has 3 heterocycles. The lowest BCUT2D eigenvalue weighted by Crippen LogP contribution is -2.32. The van der Waals surface area contributed by atoms with Gasteiger partial charge in [0.05, 0.1) is 32.6 Å². The maximum Gasteiger partial charge on any atom is 0.327 e. The normalized spacial score (nSPS) is 12.2. The second-order valence-electron chi connectivity index (χ2n) is 7.99. The van der Waals surface area contributed by atoms with E-state index in [0.717, 1.165) is 16.7 Å². The minimum Gasteiger partial charge on any atom is -0.497 e. The van der Waals surface area contributed by atoms with Crippen molar-refractivity contribution in [2.75, 3.05) is 13.7 Å². The van der Waals surface area contributed by atoms with Gasteiger partial charge in [0.2, 0.25) is 0 Å². The van der Waals surface area contributed by atoms with Crippen molar-refractivity contribution in [2.24, 2.45) is 0 Å². The number of rotatable bonds is 11. The number of fused-ring (bicyclic) bond motifs is 1. The fourth-order valence-electron chi connectivity index (χ4n) is 4.07. The summed E-state index contributed by atoms with van der Waals surface area (Å²) in [5.41, 5.74) is 1.11. The topological polar surface area (TPSA) is 128 Å². The lowest BCUT2D eigenvalue weighted by Gasteiger charge is -2.29. The van der Waals surface area contributed by atoms with Crippen LogP contribution in [0.15, 0.2) is 51.9 Å². The Balaban J connectivity index is 1.70. The molecule has 0 saturated heterocycles. The Hall–Kier alpha value is -3.99. The van der Waals surface area contributed by atoms with Crippen molar-refractivity contribution in [3.8, 4) is 5.75 Å². The van der Waals surface area contributed by atoms with Crippen LogP contribution in [0.5, 0.6) is 5.75 Å². The molecule has 0 aliphatic rings. The molecular formula is C24H28N6O5. The minimum absolute atomic E-state index is 0.0996. The number of esters is 1. The van der Waals surface area contributed by atoms with E-state index < -0.39 is 5.97 Å². The molecule has 35 heavy (non-hydrogen) atoms. The smallest absolute Gasteiger partial charge is 0.327 e. The molecule has 4 aromatic rings. The average Bonchev–Trinajstić information content (AvgIpc) is 3.52. The molecule has 184 valence electrons. The van der Waals surface area contributed by atoms with E-state index >= 15 is 0 Å². The number of carbonyl (C=O) groups is 1. The van der Waals surface area contributed by atoms with E-state index in [2.05, 4.69) is 25.4 Å². The number of hydrogen-bond acceptors (Lipinski definition) is 9. The summed E-state index contributed by atoms with van der Waals surface area (Å²) in [6.45, 7) is 4.63. The third-order valence-corrected chi connectivity index (χ3v) is 5.71. The van der Waals surface area contributed by atoms with Gasteiger partial charge in [-0.3, -0.25) is 14.5 Å². The highest BCUT2D eigenvalue weighted by molar-refractivity contribution is 5.80. The standard InChI is InChI=1S/C24H28N6O5/c1-4-21(23-26-27-28-30(23)15-22(31)34-5-2)29(14-19-7-6-10-35-19)13-17-11-16-12-18(33-3)8-9-20(16)25-24(17)32/h6-12,21H,4-5,13-15H2,1-3H3,(H,25,32)/t21-/m1/s1. The summed E-state index contributed by atoms with van der Waals surface area (Å²) in [5, 5.41) is 12.9. The van der Waals surface area contributed by atoms with E-state index in [9.17, 15) is 9.59 Å². The monoisotopic (exact) mass is 480 g/mol. The summed E-state index contributed by atoms with van der Waals surface area (Å²) in [6.07, 6.45) is 2.23. The van der Waals surface area contributed by atoms with Gasteiger partial charge in [0.1, 0.15) is 18.1 Å². The maximum atomic E-state index is 13.0. The number of tetrazole rings is 1. The van der Waals surface area contributed by atoms with Crippen LogP contribution in [0.25, 0.3) is 10.9 Å². The van der Waals surface area contributed by atoms with Crippen LogP contribution in [0.3, 0.4) is 0 Å². The van der Waals surface area contributed by atoms with Crippen LogP contribution in [-0.4, -0.2) is 49.8 Å². The summed E-state index contributed by atoms with van der Waals surface area (Å²) in [6, 6.07) is 10.7.